The molecule has 2 rings (SSSR count). The van der Waals surface area contributed by atoms with Gasteiger partial charge in [0.1, 0.15) is 5.37 Å². The molecule has 0 unspecified atom stereocenters. The van der Waals surface area contributed by atoms with Crippen molar-refractivity contribution in [3.8, 4) is 0 Å². The summed E-state index contributed by atoms with van der Waals surface area (Å²) in [7, 11) is 1.77. The Kier molecular flexibility index (Phi) is 6.86. The van der Waals surface area contributed by atoms with Gasteiger partial charge in [-0.2, -0.15) is 0 Å². The molecule has 1 saturated heterocycles. The van der Waals surface area contributed by atoms with E-state index in [-0.39, 0.29) is 28.1 Å². The summed E-state index contributed by atoms with van der Waals surface area (Å²) in [5.74, 6) is 0.127. The Labute approximate surface area is 165 Å². The SMILES string of the molecule is C[C@@H]1S[C@@H](c2ccccc2Cl)N(CCCN(C)C(=O)NC(C)(C)C)C1=O. The summed E-state index contributed by atoms with van der Waals surface area (Å²) in [5.41, 5.74) is 0.702. The van der Waals surface area contributed by atoms with E-state index in [0.29, 0.717) is 24.5 Å². The van der Waals surface area contributed by atoms with Crippen molar-refractivity contribution in [3.63, 3.8) is 0 Å². The monoisotopic (exact) mass is 397 g/mol. The number of halogens is 1. The highest BCUT2D eigenvalue weighted by atomic mass is 35.5. The highest BCUT2D eigenvalue weighted by Gasteiger charge is 2.38. The molecule has 0 bridgehead atoms. The lowest BCUT2D eigenvalue weighted by Gasteiger charge is -2.28. The number of hydrogen-bond donors (Lipinski definition) is 1. The molecule has 1 heterocycles. The lowest BCUT2D eigenvalue weighted by atomic mass is 10.1. The first-order chi connectivity index (χ1) is 12.1. The summed E-state index contributed by atoms with van der Waals surface area (Å²) in [4.78, 5) is 28.3. The van der Waals surface area contributed by atoms with Gasteiger partial charge in [-0.3, -0.25) is 4.79 Å². The second kappa shape index (κ2) is 8.53. The van der Waals surface area contributed by atoms with Crippen LogP contribution >= 0.6 is 23.4 Å². The van der Waals surface area contributed by atoms with E-state index < -0.39 is 0 Å². The lowest BCUT2D eigenvalue weighted by molar-refractivity contribution is -0.129. The van der Waals surface area contributed by atoms with Crippen LogP contribution in [0, 0.1) is 0 Å². The van der Waals surface area contributed by atoms with Gasteiger partial charge in [-0.25, -0.2) is 4.79 Å². The van der Waals surface area contributed by atoms with Crippen LogP contribution in [0.15, 0.2) is 24.3 Å². The van der Waals surface area contributed by atoms with Crippen LogP contribution in [0.2, 0.25) is 5.02 Å². The molecule has 144 valence electrons. The average molecular weight is 398 g/mol. The summed E-state index contributed by atoms with van der Waals surface area (Å²) < 4.78 is 0. The predicted molar refractivity (Wildman–Crippen MR) is 108 cm³/mol. The number of hydrogen-bond acceptors (Lipinski definition) is 3. The maximum Gasteiger partial charge on any atom is 0.317 e. The van der Waals surface area contributed by atoms with E-state index in [1.54, 1.807) is 23.7 Å². The van der Waals surface area contributed by atoms with Gasteiger partial charge in [-0.1, -0.05) is 29.8 Å². The smallest absolute Gasteiger partial charge is 0.317 e. The number of carbonyl (C=O) groups excluding carboxylic acids is 2. The van der Waals surface area contributed by atoms with Gasteiger partial charge in [0.05, 0.1) is 5.25 Å². The minimum Gasteiger partial charge on any atom is -0.333 e. The van der Waals surface area contributed by atoms with Gasteiger partial charge in [0.2, 0.25) is 5.91 Å². The highest BCUT2D eigenvalue weighted by molar-refractivity contribution is 8.01. The van der Waals surface area contributed by atoms with Gasteiger partial charge in [-0.05, 0) is 40.2 Å². The van der Waals surface area contributed by atoms with E-state index >= 15 is 0 Å². The Balaban J connectivity index is 1.97. The topological polar surface area (TPSA) is 52.6 Å². The molecule has 3 amide bonds. The summed E-state index contributed by atoms with van der Waals surface area (Å²) in [6.45, 7) is 8.97. The molecule has 5 nitrogen and oxygen atoms in total. The molecule has 26 heavy (non-hydrogen) atoms. The molecule has 1 aromatic carbocycles. The van der Waals surface area contributed by atoms with Gasteiger partial charge < -0.3 is 15.1 Å². The molecule has 0 aliphatic carbocycles. The number of carbonyl (C=O) groups is 2. The first-order valence-electron chi connectivity index (χ1n) is 8.84. The molecule has 1 aliphatic rings. The van der Waals surface area contributed by atoms with Crippen molar-refractivity contribution in [2.45, 2.75) is 50.3 Å². The zero-order valence-electron chi connectivity index (χ0n) is 16.1. The maximum atomic E-state index is 12.6. The van der Waals surface area contributed by atoms with Gasteiger partial charge >= 0.3 is 6.03 Å². The van der Waals surface area contributed by atoms with Crippen LogP contribution in [0.25, 0.3) is 0 Å². The quantitative estimate of drug-likeness (QED) is 0.812. The van der Waals surface area contributed by atoms with E-state index in [1.807, 2.05) is 56.9 Å². The molecule has 2 atom stereocenters. The van der Waals surface area contributed by atoms with Crippen molar-refractivity contribution in [3.05, 3.63) is 34.9 Å². The Morgan fingerprint density at radius 3 is 2.62 bits per heavy atom. The maximum absolute atomic E-state index is 12.6. The number of thioether (sulfide) groups is 1. The third-order valence-electron chi connectivity index (χ3n) is 4.14. The second-order valence-electron chi connectivity index (χ2n) is 7.64. The number of amides is 3. The Hall–Kier alpha value is -1.40. The van der Waals surface area contributed by atoms with Crippen LogP contribution < -0.4 is 5.32 Å². The predicted octanol–water partition coefficient (Wildman–Crippen LogP) is 4.13. The number of urea groups is 1. The van der Waals surface area contributed by atoms with Crippen molar-refractivity contribution in [2.75, 3.05) is 20.1 Å². The number of nitrogens with one attached hydrogen (secondary N) is 1. The fourth-order valence-corrected chi connectivity index (χ4v) is 4.46. The molecular weight excluding hydrogens is 370 g/mol. The van der Waals surface area contributed by atoms with Crippen LogP contribution in [0.4, 0.5) is 4.79 Å². The van der Waals surface area contributed by atoms with E-state index in [2.05, 4.69) is 5.32 Å². The van der Waals surface area contributed by atoms with Crippen molar-refractivity contribution in [2.24, 2.45) is 0 Å². The summed E-state index contributed by atoms with van der Waals surface area (Å²) in [6.07, 6.45) is 0.716. The van der Waals surface area contributed by atoms with E-state index in [0.717, 1.165) is 5.56 Å². The first-order valence-corrected chi connectivity index (χ1v) is 10.2. The third-order valence-corrected chi connectivity index (χ3v) is 5.86. The fourth-order valence-electron chi connectivity index (χ4n) is 2.81. The van der Waals surface area contributed by atoms with Crippen LogP contribution in [0.1, 0.15) is 45.1 Å². The third kappa shape index (κ3) is 5.30. The Bertz CT molecular complexity index is 662. The van der Waals surface area contributed by atoms with Gasteiger partial charge in [0.15, 0.2) is 0 Å². The number of benzene rings is 1. The Morgan fingerprint density at radius 2 is 2.00 bits per heavy atom. The van der Waals surface area contributed by atoms with Gasteiger partial charge in [0, 0.05) is 36.3 Å². The average Bonchev–Trinajstić information content (AvgIpc) is 2.81. The molecule has 1 N–H and O–H groups in total. The normalized spacial score (nSPS) is 20.4. The molecule has 0 radical (unpaired) electrons. The summed E-state index contributed by atoms with van der Waals surface area (Å²) in [5, 5.41) is 3.46. The minimum atomic E-state index is -0.266. The largest absolute Gasteiger partial charge is 0.333 e. The zero-order valence-corrected chi connectivity index (χ0v) is 17.7. The fraction of sp³-hybridized carbons (Fsp3) is 0.579. The van der Waals surface area contributed by atoms with Crippen molar-refractivity contribution in [1.82, 2.24) is 15.1 Å². The first kappa shape index (κ1) is 20.9. The van der Waals surface area contributed by atoms with Crippen LogP contribution in [0.3, 0.4) is 0 Å². The number of nitrogens with zero attached hydrogens (tertiary/aromatic N) is 2. The molecule has 1 aromatic rings. The van der Waals surface area contributed by atoms with Crippen molar-refractivity contribution < 1.29 is 9.59 Å². The summed E-state index contributed by atoms with van der Waals surface area (Å²) in [6, 6.07) is 7.56. The molecule has 1 fully saturated rings. The van der Waals surface area contributed by atoms with Crippen LogP contribution in [0.5, 0.6) is 0 Å². The summed E-state index contributed by atoms with van der Waals surface area (Å²) >= 11 is 7.96. The van der Waals surface area contributed by atoms with E-state index in [4.69, 9.17) is 11.6 Å². The Morgan fingerprint density at radius 1 is 1.35 bits per heavy atom. The molecular formula is C19H28ClN3O2S. The molecule has 0 spiro atoms. The zero-order chi connectivity index (χ0) is 19.5. The number of rotatable bonds is 5. The highest BCUT2D eigenvalue weighted by Crippen LogP contribution is 2.44. The van der Waals surface area contributed by atoms with Crippen molar-refractivity contribution in [1.29, 1.82) is 0 Å². The van der Waals surface area contributed by atoms with Gasteiger partial charge in [-0.15, -0.1) is 11.8 Å². The minimum absolute atomic E-state index is 0.0695. The van der Waals surface area contributed by atoms with E-state index in [9.17, 15) is 9.59 Å². The van der Waals surface area contributed by atoms with E-state index in [1.165, 1.54) is 0 Å². The molecule has 7 heteroatoms. The molecule has 0 aromatic heterocycles. The van der Waals surface area contributed by atoms with Crippen molar-refractivity contribution >= 4 is 35.3 Å². The molecule has 1 aliphatic heterocycles. The second-order valence-corrected chi connectivity index (χ2v) is 9.47. The van der Waals surface area contributed by atoms with Crippen LogP contribution in [-0.4, -0.2) is 52.7 Å². The van der Waals surface area contributed by atoms with Gasteiger partial charge in [0.25, 0.3) is 0 Å². The van der Waals surface area contributed by atoms with Crippen LogP contribution in [-0.2, 0) is 4.79 Å². The lowest BCUT2D eigenvalue weighted by Crippen LogP contribution is -2.47. The molecule has 0 saturated carbocycles. The standard InChI is InChI=1S/C19H28ClN3O2S/c1-13-16(24)23(17(26-13)14-9-6-7-10-15(14)20)12-8-11-22(5)18(25)21-19(2,3)4/h6-7,9-10,13,17H,8,11-12H2,1-5H3,(H,21,25)/t13-,17-/m0/s1.